The topological polar surface area (TPSA) is 29.3 Å². The van der Waals surface area contributed by atoms with Crippen LogP contribution >= 0.6 is 11.3 Å². The first kappa shape index (κ1) is 23.5. The third-order valence-electron chi connectivity index (χ3n) is 8.40. The standard InChI is InChI=1S/C38H25N3S/c1-2-11-24(12-3-1)35-31-17-4-7-18-32(31)39-38(40-35)25-13-10-14-26(23-25)41-33-19-8-5-15-27(33)29-21-22-30-28-16-6-9-20-34(28)42-37(30)36(29)41/h1-23,38-39H. The second-order valence-electron chi connectivity index (χ2n) is 10.8. The summed E-state index contributed by atoms with van der Waals surface area (Å²) in [4.78, 5) is 5.29. The molecule has 3 nitrogen and oxygen atoms in total. The van der Waals surface area contributed by atoms with Gasteiger partial charge in [0, 0.05) is 48.7 Å². The Bertz CT molecular complexity index is 2340. The Morgan fingerprint density at radius 2 is 1.38 bits per heavy atom. The molecule has 2 aromatic heterocycles. The zero-order valence-corrected chi connectivity index (χ0v) is 23.5. The van der Waals surface area contributed by atoms with Crippen LogP contribution in [0.5, 0.6) is 0 Å². The Balaban J connectivity index is 1.27. The monoisotopic (exact) mass is 555 g/mol. The molecule has 8 aromatic rings. The molecule has 0 aliphatic carbocycles. The first-order valence-corrected chi connectivity index (χ1v) is 15.1. The van der Waals surface area contributed by atoms with E-state index in [0.29, 0.717) is 0 Å². The highest BCUT2D eigenvalue weighted by atomic mass is 32.1. The zero-order chi connectivity index (χ0) is 27.6. The number of rotatable bonds is 3. The molecule has 0 spiro atoms. The molecule has 9 rings (SSSR count). The Morgan fingerprint density at radius 3 is 2.31 bits per heavy atom. The van der Waals surface area contributed by atoms with Crippen molar-refractivity contribution in [3.63, 3.8) is 0 Å². The van der Waals surface area contributed by atoms with Gasteiger partial charge in [-0.15, -0.1) is 11.3 Å². The van der Waals surface area contributed by atoms with E-state index in [4.69, 9.17) is 4.99 Å². The highest BCUT2D eigenvalue weighted by Crippen LogP contribution is 2.43. The Labute approximate surface area is 247 Å². The number of hydrogen-bond acceptors (Lipinski definition) is 3. The number of para-hydroxylation sites is 2. The van der Waals surface area contributed by atoms with Crippen molar-refractivity contribution in [1.29, 1.82) is 0 Å². The van der Waals surface area contributed by atoms with Crippen LogP contribution in [0.3, 0.4) is 0 Å². The molecular formula is C38H25N3S. The van der Waals surface area contributed by atoms with Crippen LogP contribution in [-0.4, -0.2) is 10.3 Å². The highest BCUT2D eigenvalue weighted by Gasteiger charge is 2.23. The minimum absolute atomic E-state index is 0.201. The van der Waals surface area contributed by atoms with E-state index in [-0.39, 0.29) is 6.17 Å². The summed E-state index contributed by atoms with van der Waals surface area (Å²) in [6, 6.07) is 49.9. The van der Waals surface area contributed by atoms with Crippen LogP contribution in [0.25, 0.3) is 47.7 Å². The molecule has 1 atom stereocenters. The molecule has 0 amide bonds. The van der Waals surface area contributed by atoms with Gasteiger partial charge in [0.05, 0.1) is 21.4 Å². The number of aromatic nitrogens is 1. The van der Waals surface area contributed by atoms with Crippen molar-refractivity contribution < 1.29 is 0 Å². The van der Waals surface area contributed by atoms with Crippen LogP contribution in [-0.2, 0) is 0 Å². The molecule has 42 heavy (non-hydrogen) atoms. The summed E-state index contributed by atoms with van der Waals surface area (Å²) >= 11 is 1.88. The van der Waals surface area contributed by atoms with Gasteiger partial charge in [-0.1, -0.05) is 109 Å². The summed E-state index contributed by atoms with van der Waals surface area (Å²) < 4.78 is 5.09. The summed E-state index contributed by atoms with van der Waals surface area (Å²) in [5.41, 5.74) is 9.13. The van der Waals surface area contributed by atoms with E-state index in [0.717, 1.165) is 33.8 Å². The van der Waals surface area contributed by atoms with Gasteiger partial charge in [-0.05, 0) is 35.9 Å². The fourth-order valence-corrected chi connectivity index (χ4v) is 7.75. The predicted molar refractivity (Wildman–Crippen MR) is 179 cm³/mol. The van der Waals surface area contributed by atoms with Crippen molar-refractivity contribution >= 4 is 64.7 Å². The van der Waals surface area contributed by atoms with E-state index in [1.165, 1.54) is 42.0 Å². The van der Waals surface area contributed by atoms with Gasteiger partial charge < -0.3 is 9.88 Å². The van der Waals surface area contributed by atoms with Crippen molar-refractivity contribution in [3.05, 3.63) is 156 Å². The van der Waals surface area contributed by atoms with Crippen LogP contribution in [0.2, 0.25) is 0 Å². The molecule has 1 N–H and O–H groups in total. The van der Waals surface area contributed by atoms with Gasteiger partial charge in [-0.3, -0.25) is 4.99 Å². The second kappa shape index (κ2) is 9.16. The van der Waals surface area contributed by atoms with Crippen LogP contribution in [0.1, 0.15) is 22.9 Å². The zero-order valence-electron chi connectivity index (χ0n) is 22.7. The molecule has 0 bridgehead atoms. The van der Waals surface area contributed by atoms with E-state index < -0.39 is 0 Å². The lowest BCUT2D eigenvalue weighted by Crippen LogP contribution is -2.20. The molecule has 0 fully saturated rings. The molecular weight excluding hydrogens is 531 g/mol. The average Bonchev–Trinajstić information content (AvgIpc) is 3.61. The molecule has 1 unspecified atom stereocenters. The molecule has 198 valence electrons. The van der Waals surface area contributed by atoms with Gasteiger partial charge in [0.15, 0.2) is 0 Å². The van der Waals surface area contributed by atoms with Gasteiger partial charge >= 0.3 is 0 Å². The van der Waals surface area contributed by atoms with Gasteiger partial charge in [-0.2, -0.15) is 0 Å². The van der Waals surface area contributed by atoms with Gasteiger partial charge in [0.1, 0.15) is 6.17 Å². The van der Waals surface area contributed by atoms with Crippen LogP contribution in [0.15, 0.2) is 145 Å². The lowest BCUT2D eigenvalue weighted by molar-refractivity contribution is 0.827. The number of nitrogens with one attached hydrogen (secondary N) is 1. The first-order valence-electron chi connectivity index (χ1n) is 14.3. The number of nitrogens with zero attached hydrogens (tertiary/aromatic N) is 2. The Kier molecular flexibility index (Phi) is 5.13. The van der Waals surface area contributed by atoms with Gasteiger partial charge in [0.25, 0.3) is 0 Å². The average molecular weight is 556 g/mol. The van der Waals surface area contributed by atoms with E-state index in [1.807, 2.05) is 11.3 Å². The lowest BCUT2D eigenvalue weighted by Gasteiger charge is -2.26. The molecule has 1 aliphatic rings. The fraction of sp³-hybridized carbons (Fsp3) is 0.0263. The van der Waals surface area contributed by atoms with Crippen molar-refractivity contribution in [2.45, 2.75) is 6.17 Å². The van der Waals surface area contributed by atoms with Crippen LogP contribution < -0.4 is 5.32 Å². The van der Waals surface area contributed by atoms with E-state index in [9.17, 15) is 0 Å². The number of anilines is 1. The number of benzene rings is 6. The maximum Gasteiger partial charge on any atom is 0.145 e. The van der Waals surface area contributed by atoms with Crippen LogP contribution in [0, 0.1) is 0 Å². The number of thiophene rings is 1. The molecule has 6 aromatic carbocycles. The molecule has 0 saturated heterocycles. The second-order valence-corrected chi connectivity index (χ2v) is 11.9. The van der Waals surface area contributed by atoms with Crippen molar-refractivity contribution in [3.8, 4) is 5.69 Å². The number of fused-ring (bicyclic) bond motifs is 8. The minimum Gasteiger partial charge on any atom is -0.360 e. The molecule has 1 aliphatic heterocycles. The summed E-state index contributed by atoms with van der Waals surface area (Å²) in [6.45, 7) is 0. The van der Waals surface area contributed by atoms with Gasteiger partial charge in [0.2, 0.25) is 0 Å². The van der Waals surface area contributed by atoms with E-state index >= 15 is 0 Å². The molecule has 4 heteroatoms. The summed E-state index contributed by atoms with van der Waals surface area (Å²) in [5, 5.41) is 8.89. The summed E-state index contributed by atoms with van der Waals surface area (Å²) in [7, 11) is 0. The summed E-state index contributed by atoms with van der Waals surface area (Å²) in [6.07, 6.45) is -0.201. The largest absolute Gasteiger partial charge is 0.360 e. The van der Waals surface area contributed by atoms with Crippen molar-refractivity contribution in [2.24, 2.45) is 4.99 Å². The van der Waals surface area contributed by atoms with Crippen molar-refractivity contribution in [2.75, 3.05) is 5.32 Å². The number of hydrogen-bond donors (Lipinski definition) is 1. The maximum atomic E-state index is 5.29. The Hall–Kier alpha value is -5.19. The lowest BCUT2D eigenvalue weighted by atomic mass is 9.97. The first-order chi connectivity index (χ1) is 20.8. The maximum absolute atomic E-state index is 5.29. The Morgan fingerprint density at radius 1 is 0.619 bits per heavy atom. The van der Waals surface area contributed by atoms with Crippen molar-refractivity contribution in [1.82, 2.24) is 4.57 Å². The smallest absolute Gasteiger partial charge is 0.145 e. The molecule has 0 radical (unpaired) electrons. The highest BCUT2D eigenvalue weighted by molar-refractivity contribution is 7.26. The van der Waals surface area contributed by atoms with Gasteiger partial charge in [-0.25, -0.2) is 0 Å². The minimum atomic E-state index is -0.201. The fourth-order valence-electron chi connectivity index (χ4n) is 6.51. The normalized spacial score (nSPS) is 14.8. The quantitative estimate of drug-likeness (QED) is 0.231. The predicted octanol–water partition coefficient (Wildman–Crippen LogP) is 10.1. The van der Waals surface area contributed by atoms with E-state index in [1.54, 1.807) is 0 Å². The van der Waals surface area contributed by atoms with Crippen LogP contribution in [0.4, 0.5) is 5.69 Å². The third-order valence-corrected chi connectivity index (χ3v) is 9.60. The summed E-state index contributed by atoms with van der Waals surface area (Å²) in [5.74, 6) is 0. The number of aliphatic imine (C=N–C) groups is 1. The molecule has 3 heterocycles. The third kappa shape index (κ3) is 3.49. The SMILES string of the molecule is c1ccc(C2=NC(c3cccc(-n4c5ccccc5c5ccc6c7ccccc7sc6c54)c3)Nc3ccccc32)cc1. The molecule has 0 saturated carbocycles. The van der Waals surface area contributed by atoms with E-state index in [2.05, 4.69) is 149 Å².